The van der Waals surface area contributed by atoms with E-state index >= 15 is 0 Å². The first-order valence-electron chi connectivity index (χ1n) is 28.4. The third kappa shape index (κ3) is 27.6. The number of nitrogens with one attached hydrogen (secondary N) is 6. The number of carboxylic acid groups (broad SMARTS) is 2. The van der Waals surface area contributed by atoms with Gasteiger partial charge in [-0.25, -0.2) is 4.79 Å². The fraction of sp³-hybridized carbons (Fsp3) is 0.621. The van der Waals surface area contributed by atoms with E-state index < -0.39 is 103 Å². The predicted octanol–water partition coefficient (Wildman–Crippen LogP) is 2.42. The van der Waals surface area contributed by atoms with Gasteiger partial charge < -0.3 is 71.3 Å². The van der Waals surface area contributed by atoms with Gasteiger partial charge in [-0.1, -0.05) is 55.8 Å². The second kappa shape index (κ2) is 38.4. The van der Waals surface area contributed by atoms with Gasteiger partial charge in [-0.15, -0.1) is 0 Å². The molecular weight excluding hydrogens is 1100 g/mol. The van der Waals surface area contributed by atoms with Gasteiger partial charge in [0, 0.05) is 74.5 Å². The van der Waals surface area contributed by atoms with Gasteiger partial charge in [0.2, 0.25) is 23.6 Å². The second-order valence-electron chi connectivity index (χ2n) is 20.8. The van der Waals surface area contributed by atoms with Gasteiger partial charge in [0.25, 0.3) is 0 Å². The molecule has 0 radical (unpaired) electrons. The number of carbonyl (C=O) groups excluding carboxylic acids is 8. The molecule has 2 saturated heterocycles. The summed E-state index contributed by atoms with van der Waals surface area (Å²) in [5.41, 5.74) is 1.16. The molecule has 2 aromatic carbocycles. The molecule has 2 aromatic rings. The third-order valence-electron chi connectivity index (χ3n) is 14.1. The highest BCUT2D eigenvalue weighted by molar-refractivity contribution is 8.00. The summed E-state index contributed by atoms with van der Waals surface area (Å²) in [6.07, 6.45) is 0.388. The zero-order valence-corrected chi connectivity index (χ0v) is 48.3. The van der Waals surface area contributed by atoms with Gasteiger partial charge in [-0.05, 0) is 68.7 Å². The van der Waals surface area contributed by atoms with Crippen LogP contribution in [0.2, 0.25) is 0 Å². The molecule has 0 aromatic heterocycles. The lowest BCUT2D eigenvalue weighted by atomic mass is 9.88. The summed E-state index contributed by atoms with van der Waals surface area (Å²) in [5, 5.41) is 56.3. The number of fused-ring (bicyclic) bond motifs is 1. The number of hydrogen-bond donors (Lipinski definition) is 10. The van der Waals surface area contributed by atoms with Crippen molar-refractivity contribution in [2.24, 2.45) is 17.8 Å². The maximum Gasteiger partial charge on any atom is 0.315 e. The number of aliphatic carboxylic acids is 2. The van der Waals surface area contributed by atoms with Crippen LogP contribution in [0.4, 0.5) is 4.79 Å². The van der Waals surface area contributed by atoms with Crippen LogP contribution in [0.5, 0.6) is 5.75 Å². The monoisotopic (exact) mass is 1180 g/mol. The van der Waals surface area contributed by atoms with Gasteiger partial charge in [0.1, 0.15) is 11.5 Å². The summed E-state index contributed by atoms with van der Waals surface area (Å²) in [7, 11) is 0. The highest BCUT2D eigenvalue weighted by Gasteiger charge is 2.42. The molecule has 0 aliphatic carbocycles. The Morgan fingerprint density at radius 3 is 1.90 bits per heavy atom. The average Bonchev–Trinajstić information content (AvgIpc) is 4.09. The quantitative estimate of drug-likeness (QED) is 0.0336. The minimum Gasteiger partial charge on any atom is -0.508 e. The van der Waals surface area contributed by atoms with Crippen molar-refractivity contribution in [2.75, 3.05) is 71.7 Å². The molecule has 2 aliphatic heterocycles. The summed E-state index contributed by atoms with van der Waals surface area (Å²) in [6.45, 7) is 5.12. The predicted molar refractivity (Wildman–Crippen MR) is 304 cm³/mol. The molecule has 2 heterocycles. The molecule has 25 heteroatoms. The molecule has 9 atom stereocenters. The number of rotatable bonds is 45. The summed E-state index contributed by atoms with van der Waals surface area (Å²) < 4.78 is 22.1. The largest absolute Gasteiger partial charge is 0.508 e. The first-order chi connectivity index (χ1) is 39.8. The van der Waals surface area contributed by atoms with Crippen LogP contribution in [0.1, 0.15) is 102 Å². The minimum atomic E-state index is -1.38. The molecular formula is C58H84N6O18S. The van der Waals surface area contributed by atoms with Crippen LogP contribution >= 0.6 is 11.8 Å². The van der Waals surface area contributed by atoms with Crippen LogP contribution < -0.4 is 31.9 Å². The normalized spacial score (nSPS) is 17.5. The van der Waals surface area contributed by atoms with Crippen LogP contribution in [-0.4, -0.2) is 187 Å². The van der Waals surface area contributed by atoms with Crippen molar-refractivity contribution < 1.29 is 87.3 Å². The molecule has 0 unspecified atom stereocenters. The lowest BCUT2D eigenvalue weighted by Gasteiger charge is -2.26. The number of thioether (sulfide) groups is 1. The fourth-order valence-electron chi connectivity index (χ4n) is 9.36. The van der Waals surface area contributed by atoms with E-state index in [0.717, 1.165) is 25.0 Å². The van der Waals surface area contributed by atoms with Gasteiger partial charge >= 0.3 is 18.0 Å². The number of benzene rings is 2. The Labute approximate surface area is 488 Å². The van der Waals surface area contributed by atoms with Crippen LogP contribution in [0, 0.1) is 17.8 Å². The van der Waals surface area contributed by atoms with Crippen LogP contribution in [0.25, 0.3) is 0 Å². The molecule has 0 spiro atoms. The number of unbranched alkanes of at least 4 members (excludes halogenated alkanes) is 1. The number of amides is 6. The Hall–Kier alpha value is -6.51. The van der Waals surface area contributed by atoms with Crippen molar-refractivity contribution in [1.29, 1.82) is 0 Å². The number of Topliss-reactive ketones (excluding diaryl/α,β-unsaturated/α-hetero) is 3. The number of ketones is 3. The fourth-order valence-corrected chi connectivity index (χ4v) is 10.9. The molecule has 24 nitrogen and oxygen atoms in total. The van der Waals surface area contributed by atoms with Crippen LogP contribution in [0.3, 0.4) is 0 Å². The van der Waals surface area contributed by atoms with E-state index in [4.69, 9.17) is 18.9 Å². The van der Waals surface area contributed by atoms with E-state index in [2.05, 4.69) is 31.9 Å². The zero-order chi connectivity index (χ0) is 60.5. The van der Waals surface area contributed by atoms with E-state index in [0.29, 0.717) is 62.0 Å². The average molecular weight is 1190 g/mol. The summed E-state index contributed by atoms with van der Waals surface area (Å²) in [4.78, 5) is 128. The standard InChI is InChI=1S/C58H84N6O18S/c1-37(31-53(73)74)55(75)61-45(18-19-52(71)72)48(68)34-41(32-39-9-4-3-5-10-39)56(76)62-46(33-40-14-16-43(67)17-15-40)49(69)35-44(38(2)65)57(77)60-22-24-80-26-28-82-30-29-81-27-25-79-23-20-42(66)11-8-21-59-51(70)13-7-6-12-50-54-47(36-83-50)63-58(78)64-54/h3-5,9-10,14-17,37-38,41,44-47,50,54,65,67H,6-8,11-13,18-36H2,1-2H3,(H,59,70)(H,60,77)(H,61,75)(H,62,76)(H,71,72)(H,73,74)(H2,63,64,78)/t37-,38+,41+,44-,45-,46-,47-,50-,54-/m0/s1. The molecule has 2 fully saturated rings. The molecule has 4 rings (SSSR count). The topological polar surface area (TPSA) is 361 Å². The summed E-state index contributed by atoms with van der Waals surface area (Å²) in [6, 6.07) is 12.1. The van der Waals surface area contributed by atoms with Gasteiger partial charge in [-0.3, -0.25) is 43.2 Å². The number of aliphatic hydroxyl groups is 1. The van der Waals surface area contributed by atoms with Gasteiger partial charge in [0.05, 0.1) is 95.5 Å². The van der Waals surface area contributed by atoms with E-state index in [1.54, 1.807) is 42.5 Å². The first-order valence-corrected chi connectivity index (χ1v) is 29.5. The number of aliphatic hydroxyl groups excluding tert-OH is 1. The van der Waals surface area contributed by atoms with Crippen molar-refractivity contribution in [1.82, 2.24) is 31.9 Å². The van der Waals surface area contributed by atoms with E-state index in [1.165, 1.54) is 26.0 Å². The Kier molecular flexibility index (Phi) is 31.9. The van der Waals surface area contributed by atoms with E-state index in [9.17, 15) is 68.4 Å². The molecule has 0 saturated carbocycles. The molecule has 2 aliphatic rings. The van der Waals surface area contributed by atoms with Crippen molar-refractivity contribution in [2.45, 2.75) is 139 Å². The number of urea groups is 1. The minimum absolute atomic E-state index is 0.0159. The highest BCUT2D eigenvalue weighted by atomic mass is 32.2. The summed E-state index contributed by atoms with van der Waals surface area (Å²) >= 11 is 1.86. The van der Waals surface area contributed by atoms with Crippen molar-refractivity contribution >= 4 is 70.7 Å². The second-order valence-corrected chi connectivity index (χ2v) is 22.1. The number of hydrogen-bond acceptors (Lipinski definition) is 17. The maximum absolute atomic E-state index is 14.3. The molecule has 10 N–H and O–H groups in total. The van der Waals surface area contributed by atoms with Crippen LogP contribution in [-0.2, 0) is 74.9 Å². The Balaban J connectivity index is 1.12. The molecule has 6 amide bonds. The number of ether oxygens (including phenoxy) is 4. The smallest absolute Gasteiger partial charge is 0.315 e. The lowest BCUT2D eigenvalue weighted by molar-refractivity contribution is -0.141. The van der Waals surface area contributed by atoms with Crippen LogP contribution in [0.15, 0.2) is 54.6 Å². The van der Waals surface area contributed by atoms with E-state index in [1.807, 2.05) is 11.8 Å². The van der Waals surface area contributed by atoms with Gasteiger partial charge in [-0.2, -0.15) is 11.8 Å². The lowest BCUT2D eigenvalue weighted by Crippen LogP contribution is -2.49. The van der Waals surface area contributed by atoms with Crippen molar-refractivity contribution in [3.63, 3.8) is 0 Å². The number of phenols is 1. The van der Waals surface area contributed by atoms with Gasteiger partial charge in [0.15, 0.2) is 11.6 Å². The van der Waals surface area contributed by atoms with Crippen molar-refractivity contribution in [3.05, 3.63) is 65.7 Å². The first kappa shape index (κ1) is 69.0. The summed E-state index contributed by atoms with van der Waals surface area (Å²) in [5.74, 6) is -8.60. The third-order valence-corrected chi connectivity index (χ3v) is 15.6. The molecule has 0 bridgehead atoms. The number of carbonyl (C=O) groups is 10. The Bertz CT molecular complexity index is 2400. The molecule has 460 valence electrons. The Morgan fingerprint density at radius 2 is 1.25 bits per heavy atom. The molecule has 83 heavy (non-hydrogen) atoms. The van der Waals surface area contributed by atoms with Crippen molar-refractivity contribution in [3.8, 4) is 5.75 Å². The highest BCUT2D eigenvalue weighted by Crippen LogP contribution is 2.33. The zero-order valence-electron chi connectivity index (χ0n) is 47.5. The van der Waals surface area contributed by atoms with E-state index in [-0.39, 0.29) is 101 Å². The number of aromatic hydroxyl groups is 1. The number of carboxylic acids is 2. The number of phenolic OH excluding ortho intramolecular Hbond substituents is 1. The Morgan fingerprint density at radius 1 is 0.627 bits per heavy atom. The maximum atomic E-state index is 14.3. The SMILES string of the molecule is C[C@@H](CC(=O)O)C(=O)N[C@@H](CCC(=O)O)C(=O)C[C@@H](Cc1ccccc1)C(=O)N[C@@H](Cc1ccc(O)cc1)C(=O)C[C@H](C(=O)NCCOCCOCCOCCOCCC(=O)CCCNC(=O)CCCC[C@@H]1SC[C@@H]2NC(=O)N[C@@H]21)[C@@H](C)O.